The number of aromatic nitrogens is 4. The zero-order chi connectivity index (χ0) is 47.5. The van der Waals surface area contributed by atoms with E-state index < -0.39 is 115 Å². The van der Waals surface area contributed by atoms with E-state index in [2.05, 4.69) is 69.8 Å². The number of aldehydes is 1. The number of anilines is 2. The molecular formula is C36H46N14O13S. The largest absolute Gasteiger partial charge is 0.481 e. The highest BCUT2D eigenvalue weighted by atomic mass is 32.1. The highest BCUT2D eigenvalue weighted by Crippen LogP contribution is 2.13. The molecule has 2 heterocycles. The lowest BCUT2D eigenvalue weighted by molar-refractivity contribution is -0.141. The lowest BCUT2D eigenvalue weighted by atomic mass is 10.1. The summed E-state index contributed by atoms with van der Waals surface area (Å²) in [6.45, 7) is 0.113. The third-order valence-electron chi connectivity index (χ3n) is 8.72. The molecule has 28 heteroatoms. The number of hydrogen-bond acceptors (Lipinski definition) is 17. The van der Waals surface area contributed by atoms with Crippen molar-refractivity contribution < 1.29 is 58.5 Å². The third-order valence-corrected chi connectivity index (χ3v) is 9.11. The smallest absolute Gasteiger partial charge is 0.326 e. The minimum absolute atomic E-state index is 0.000833. The Morgan fingerprint density at radius 3 is 2.03 bits per heavy atom. The summed E-state index contributed by atoms with van der Waals surface area (Å²) in [4.78, 5) is 139. The second kappa shape index (κ2) is 24.5. The van der Waals surface area contributed by atoms with E-state index in [1.165, 1.54) is 30.5 Å². The van der Waals surface area contributed by atoms with E-state index in [9.17, 15) is 63.3 Å². The Kier molecular flexibility index (Phi) is 19.3. The maximum atomic E-state index is 13.4. The number of nitrogen functional groups attached to an aromatic ring is 1. The number of carbonyl (C=O) groups excluding carboxylic acids is 6. The summed E-state index contributed by atoms with van der Waals surface area (Å²) in [5.41, 5.74) is 11.2. The number of carboxylic acid groups (broad SMARTS) is 3. The summed E-state index contributed by atoms with van der Waals surface area (Å²) in [6, 6.07) is -2.20. The lowest BCUT2D eigenvalue weighted by Gasteiger charge is -2.25. The SMILES string of the molecule is N=C(N)NCCC[C@H](NC(=O)[C@H](CC(=O)O)NC(=O)CC[C@H](NC(=O)c1ccc(NCc2cnc3nc(N)[nH]c(=O)c3n2)cc1)C(=O)O)C(=O)N[C@@H](CC(=O)O)C(=O)N[C@H](C=O)CS. The van der Waals surface area contributed by atoms with Crippen LogP contribution in [0.15, 0.2) is 35.3 Å². The first-order valence-electron chi connectivity index (χ1n) is 19.0. The molecule has 64 heavy (non-hydrogen) atoms. The molecule has 0 aliphatic rings. The fourth-order valence-electron chi connectivity index (χ4n) is 5.55. The monoisotopic (exact) mass is 914 g/mol. The number of hydrogen-bond donors (Lipinski definition) is 15. The highest BCUT2D eigenvalue weighted by Gasteiger charge is 2.32. The number of benzene rings is 1. The Balaban J connectivity index is 1.65. The second-order valence-electron chi connectivity index (χ2n) is 13.7. The molecule has 0 saturated carbocycles. The highest BCUT2D eigenvalue weighted by molar-refractivity contribution is 7.80. The van der Waals surface area contributed by atoms with Crippen LogP contribution in [0.4, 0.5) is 11.6 Å². The molecule has 0 aliphatic carbocycles. The number of aliphatic carboxylic acids is 3. The quantitative estimate of drug-likeness (QED) is 0.0120. The van der Waals surface area contributed by atoms with E-state index in [1.54, 1.807) is 0 Å². The van der Waals surface area contributed by atoms with Crippen molar-refractivity contribution in [2.75, 3.05) is 23.3 Å². The number of carboxylic acids is 3. The minimum atomic E-state index is -1.85. The van der Waals surface area contributed by atoms with Gasteiger partial charge in [0, 0.05) is 30.0 Å². The molecule has 0 spiro atoms. The number of fused-ring (bicyclic) bond motifs is 1. The van der Waals surface area contributed by atoms with E-state index in [0.717, 1.165) is 0 Å². The number of H-pyrrole nitrogens is 1. The van der Waals surface area contributed by atoms with Gasteiger partial charge in [0.2, 0.25) is 29.6 Å². The van der Waals surface area contributed by atoms with Gasteiger partial charge >= 0.3 is 17.9 Å². The maximum Gasteiger partial charge on any atom is 0.326 e. The number of guanidine groups is 1. The van der Waals surface area contributed by atoms with Crippen molar-refractivity contribution in [3.8, 4) is 0 Å². The number of thiol groups is 1. The number of aromatic amines is 1. The van der Waals surface area contributed by atoms with E-state index in [0.29, 0.717) is 17.7 Å². The van der Waals surface area contributed by atoms with Gasteiger partial charge in [0.25, 0.3) is 11.5 Å². The van der Waals surface area contributed by atoms with Crippen LogP contribution in [0.5, 0.6) is 0 Å². The van der Waals surface area contributed by atoms with Crippen molar-refractivity contribution in [3.05, 3.63) is 52.1 Å². The van der Waals surface area contributed by atoms with Crippen molar-refractivity contribution in [1.82, 2.24) is 51.8 Å². The average Bonchev–Trinajstić information content (AvgIpc) is 3.23. The van der Waals surface area contributed by atoms with Crippen LogP contribution in [0.2, 0.25) is 0 Å². The molecule has 0 bridgehead atoms. The van der Waals surface area contributed by atoms with Gasteiger partial charge in [-0.15, -0.1) is 0 Å². The number of amides is 5. The molecule has 3 aromatic rings. The van der Waals surface area contributed by atoms with Crippen LogP contribution < -0.4 is 54.2 Å². The lowest BCUT2D eigenvalue weighted by Crippen LogP contribution is -2.58. The van der Waals surface area contributed by atoms with E-state index in [-0.39, 0.29) is 54.4 Å². The molecule has 5 atom stereocenters. The van der Waals surface area contributed by atoms with Gasteiger partial charge in [-0.05, 0) is 43.5 Å². The van der Waals surface area contributed by atoms with E-state index in [4.69, 9.17) is 16.9 Å². The standard InChI is InChI=1S/C36H46N14O13S/c37-35(38)40-9-1-2-20(30(58)48-23(11-26(55)56)31(59)44-19(14-51)15-64)46-32(60)22(10-25(53)54)45-24(52)8-7-21(34(62)63)47-29(57)16-3-5-17(6-4-16)41-12-18-13-42-28-27(43-18)33(61)50-36(39)49-28/h3-6,13-14,19-23,41,64H,1-2,7-12,15H2,(H,44,59)(H,45,52)(H,46,60)(H,47,57)(H,48,58)(H,53,54)(H,55,56)(H,62,63)(H4,37,38,40)(H3,39,42,49,50,61)/t19-,20+,21+,22+,23+/m1/s1. The summed E-state index contributed by atoms with van der Waals surface area (Å²) in [5.74, 6) is -10.6. The summed E-state index contributed by atoms with van der Waals surface area (Å²) in [5, 5.41) is 52.6. The Bertz CT molecular complexity index is 2300. The van der Waals surface area contributed by atoms with Gasteiger partial charge in [0.15, 0.2) is 17.1 Å². The number of rotatable bonds is 26. The van der Waals surface area contributed by atoms with Crippen LogP contribution in [-0.2, 0) is 44.9 Å². The predicted octanol–water partition coefficient (Wildman–Crippen LogP) is -3.85. The first-order valence-corrected chi connectivity index (χ1v) is 19.6. The molecule has 3 rings (SSSR count). The Morgan fingerprint density at radius 1 is 0.828 bits per heavy atom. The Hall–Kier alpha value is -7.91. The molecule has 0 fully saturated rings. The molecule has 27 nitrogen and oxygen atoms in total. The van der Waals surface area contributed by atoms with Crippen molar-refractivity contribution in [3.63, 3.8) is 0 Å². The Morgan fingerprint density at radius 2 is 1.44 bits per heavy atom. The van der Waals surface area contributed by atoms with Crippen LogP contribution in [0.25, 0.3) is 11.2 Å². The Labute approximate surface area is 366 Å². The fourth-order valence-corrected chi connectivity index (χ4v) is 5.72. The van der Waals surface area contributed by atoms with Crippen LogP contribution in [-0.4, -0.2) is 137 Å². The molecule has 344 valence electrons. The van der Waals surface area contributed by atoms with Crippen LogP contribution in [0.3, 0.4) is 0 Å². The fraction of sp³-hybridized carbons (Fsp3) is 0.389. The van der Waals surface area contributed by atoms with Gasteiger partial charge < -0.3 is 68.8 Å². The average molecular weight is 915 g/mol. The minimum Gasteiger partial charge on any atom is -0.481 e. The zero-order valence-electron chi connectivity index (χ0n) is 33.6. The van der Waals surface area contributed by atoms with Gasteiger partial charge in [-0.1, -0.05) is 0 Å². The van der Waals surface area contributed by atoms with Crippen LogP contribution in [0, 0.1) is 5.41 Å². The number of nitrogens with zero attached hydrogens (tertiary/aromatic N) is 3. The molecule has 5 amide bonds. The predicted molar refractivity (Wildman–Crippen MR) is 226 cm³/mol. The van der Waals surface area contributed by atoms with Gasteiger partial charge in [0.05, 0.1) is 37.3 Å². The summed E-state index contributed by atoms with van der Waals surface area (Å²) in [7, 11) is 0. The van der Waals surface area contributed by atoms with E-state index in [1.807, 2.05) is 0 Å². The van der Waals surface area contributed by atoms with E-state index >= 15 is 0 Å². The summed E-state index contributed by atoms with van der Waals surface area (Å²) >= 11 is 3.91. The number of carbonyl (C=O) groups is 9. The van der Waals surface area contributed by atoms with Crippen molar-refractivity contribution in [2.45, 2.75) is 75.3 Å². The first-order chi connectivity index (χ1) is 30.3. The van der Waals surface area contributed by atoms with Crippen LogP contribution >= 0.6 is 12.6 Å². The van der Waals surface area contributed by atoms with Gasteiger partial charge in [-0.2, -0.15) is 17.6 Å². The molecule has 0 aliphatic heterocycles. The topological polar surface area (TPSA) is 446 Å². The summed E-state index contributed by atoms with van der Waals surface area (Å²) < 4.78 is 0. The molecule has 2 aromatic heterocycles. The number of nitrogens with one attached hydrogen (secondary N) is 9. The molecule has 0 saturated heterocycles. The van der Waals surface area contributed by atoms with Crippen molar-refractivity contribution >= 4 is 95.1 Å². The molecule has 1 aromatic carbocycles. The van der Waals surface area contributed by atoms with Gasteiger partial charge in [-0.3, -0.25) is 48.7 Å². The van der Waals surface area contributed by atoms with Crippen molar-refractivity contribution in [2.24, 2.45) is 5.73 Å². The third kappa shape index (κ3) is 16.5. The number of nitrogens with two attached hydrogens (primary N) is 2. The zero-order valence-corrected chi connectivity index (χ0v) is 34.5. The molecule has 0 unspecified atom stereocenters. The van der Waals surface area contributed by atoms with Gasteiger partial charge in [0.1, 0.15) is 30.5 Å². The van der Waals surface area contributed by atoms with Gasteiger partial charge in [-0.25, -0.2) is 14.8 Å². The van der Waals surface area contributed by atoms with Crippen molar-refractivity contribution in [1.29, 1.82) is 5.41 Å². The molecule has 0 radical (unpaired) electrons. The molecule has 16 N–H and O–H groups in total. The normalized spacial score (nSPS) is 13.1. The molecular weight excluding hydrogens is 869 g/mol. The second-order valence-corrected chi connectivity index (χ2v) is 14.0. The summed E-state index contributed by atoms with van der Waals surface area (Å²) in [6.07, 6.45) is -1.64. The maximum absolute atomic E-state index is 13.4. The first kappa shape index (κ1) is 50.4. The van der Waals surface area contributed by atoms with Crippen LogP contribution in [0.1, 0.15) is 54.6 Å².